The van der Waals surface area contributed by atoms with Gasteiger partial charge in [0.05, 0.1) is 6.54 Å². The number of carbonyl (C=O) groups is 14. The van der Waals surface area contributed by atoms with E-state index in [1.165, 1.54) is 34.6 Å². The first-order valence-electron chi connectivity index (χ1n) is 32.7. The van der Waals surface area contributed by atoms with Gasteiger partial charge in [0, 0.05) is 13.0 Å². The van der Waals surface area contributed by atoms with Crippen LogP contribution in [0.1, 0.15) is 132 Å². The van der Waals surface area contributed by atoms with Gasteiger partial charge in [0.15, 0.2) is 5.96 Å². The number of aliphatic imine (C=N–C) groups is 1. The average Bonchev–Trinajstić information content (AvgIpc) is 1.82. The van der Waals surface area contributed by atoms with Crippen LogP contribution in [0.3, 0.4) is 0 Å². The van der Waals surface area contributed by atoms with Crippen LogP contribution in [0.4, 0.5) is 0 Å². The van der Waals surface area contributed by atoms with Gasteiger partial charge in [-0.2, -0.15) is 0 Å². The van der Waals surface area contributed by atoms with Gasteiger partial charge >= 0.3 is 77.6 Å². The molecule has 1 aromatic rings. The normalized spacial score (nSPS) is 15.9. The lowest BCUT2D eigenvalue weighted by atomic mass is 10.0. The van der Waals surface area contributed by atoms with Crippen molar-refractivity contribution in [2.24, 2.45) is 109 Å². The van der Waals surface area contributed by atoms with E-state index >= 15 is 0 Å². The van der Waals surface area contributed by atoms with Crippen LogP contribution < -0.4 is 97.1 Å². The third-order valence-electron chi connectivity index (χ3n) is 13.6. The summed E-state index contributed by atoms with van der Waals surface area (Å²) in [5.74, 6) is -12.2. The van der Waals surface area contributed by atoms with Crippen molar-refractivity contribution < 1.29 is 121 Å². The minimum atomic E-state index is -1.35. The number of unbranched alkanes of at least 4 members (excludes halogenated alkanes) is 1. The summed E-state index contributed by atoms with van der Waals surface area (Å²) in [7, 11) is 0. The molecular weight excluding hydrogens is 1400 g/mol. The highest BCUT2D eigenvalue weighted by Gasteiger charge is 2.34. The van der Waals surface area contributed by atoms with Crippen LogP contribution in [0.2, 0.25) is 0 Å². The molecule has 105 heavy (non-hydrogen) atoms. The van der Waals surface area contributed by atoms with Gasteiger partial charge in [-0.3, -0.25) is 52.9 Å². The number of carboxylic acids is 6. The first-order chi connectivity index (χ1) is 48.4. The van der Waals surface area contributed by atoms with E-state index in [4.69, 9.17) is 131 Å². The molecule has 0 aliphatic carbocycles. The summed E-state index contributed by atoms with van der Waals surface area (Å²) < 4.78 is 23.9. The van der Waals surface area contributed by atoms with Crippen molar-refractivity contribution in [2.45, 2.75) is 224 Å². The molecule has 1 aromatic carbocycles. The fraction of sp³-hybridized carbons (Fsp3) is 0.661. The van der Waals surface area contributed by atoms with Crippen LogP contribution in [0.15, 0.2) is 35.3 Å². The number of carbonyl (C=O) groups excluding carboxylic acids is 8. The van der Waals surface area contributed by atoms with Gasteiger partial charge in [-0.05, 0) is 116 Å². The van der Waals surface area contributed by atoms with Crippen LogP contribution in [0.5, 0.6) is 0 Å². The van der Waals surface area contributed by atoms with E-state index in [2.05, 4.69) is 25.5 Å². The lowest BCUT2D eigenvalue weighted by Gasteiger charge is -2.23. The molecule has 1 saturated heterocycles. The second kappa shape index (κ2) is 61.2. The van der Waals surface area contributed by atoms with Crippen LogP contribution >= 0.6 is 0 Å². The maximum Gasteiger partial charge on any atom is 0.334 e. The summed E-state index contributed by atoms with van der Waals surface area (Å²) in [6.45, 7) is 15.7. The number of nitrogens with one attached hydrogen (secondary N) is 1. The van der Waals surface area contributed by atoms with Gasteiger partial charge in [0.2, 0.25) is 5.91 Å². The Kier molecular flexibility index (Phi) is 62.3. The molecule has 16 atom stereocenters. The Morgan fingerprint density at radius 3 is 1.29 bits per heavy atom. The van der Waals surface area contributed by atoms with Gasteiger partial charge in [-0.15, -0.1) is 0 Å². The smallest absolute Gasteiger partial charge is 0.334 e. The van der Waals surface area contributed by atoms with Crippen molar-refractivity contribution in [1.29, 1.82) is 0 Å². The number of primary amides is 1. The average molecular weight is 1520 g/mol. The number of hydrogen-bond acceptors (Lipinski definition) is 34. The van der Waals surface area contributed by atoms with E-state index in [0.29, 0.717) is 51.6 Å². The fourth-order valence-corrected chi connectivity index (χ4v) is 6.42. The largest absolute Gasteiger partial charge is 0.480 e. The van der Waals surface area contributed by atoms with Crippen molar-refractivity contribution in [3.05, 3.63) is 35.9 Å². The van der Waals surface area contributed by atoms with Crippen LogP contribution in [-0.4, -0.2) is 237 Å². The van der Waals surface area contributed by atoms with Gasteiger partial charge in [0.25, 0.3) is 0 Å². The van der Waals surface area contributed by atoms with Crippen molar-refractivity contribution in [3.8, 4) is 0 Å². The van der Waals surface area contributed by atoms with Crippen molar-refractivity contribution in [2.75, 3.05) is 26.2 Å². The summed E-state index contributed by atoms with van der Waals surface area (Å²) in [5, 5.41) is 52.8. The molecule has 39 N–H and O–H groups in total. The number of ether oxygens (including phenoxy) is 5. The lowest BCUT2D eigenvalue weighted by molar-refractivity contribution is -0.166. The third kappa shape index (κ3) is 57.9. The van der Waals surface area contributed by atoms with Crippen LogP contribution in [-0.2, 0) is 97.2 Å². The Morgan fingerprint density at radius 2 is 0.914 bits per heavy atom. The monoisotopic (exact) mass is 1510 g/mol. The minimum absolute atomic E-state index is 0.0129. The quantitative estimate of drug-likeness (QED) is 0.00750. The molecule has 1 aliphatic heterocycles. The zero-order chi connectivity index (χ0) is 83.1. The summed E-state index contributed by atoms with van der Waals surface area (Å²) in [6, 6.07) is -1.55. The molecule has 0 radical (unpaired) electrons. The Labute approximate surface area is 608 Å². The van der Waals surface area contributed by atoms with E-state index in [9.17, 15) is 67.1 Å². The molecule has 1 fully saturated rings. The van der Waals surface area contributed by atoms with E-state index < -0.39 is 168 Å². The van der Waals surface area contributed by atoms with Gasteiger partial charge in [0.1, 0.15) is 90.8 Å². The van der Waals surface area contributed by atoms with E-state index in [1.807, 2.05) is 44.2 Å². The number of nitrogens with two attached hydrogens (primary N) is 16. The molecule has 1 aliphatic rings. The van der Waals surface area contributed by atoms with Gasteiger partial charge in [-0.1, -0.05) is 70.9 Å². The SMILES string of the molecule is CC(C)[C@H](N)C(=O)OC(=O)[C@H](C)N.CC[C@H](C)[C@H](N)C(=O)O.C[C@@H](OC(=O)[C@@H](N)[C@@H](C)OC(=O)[C@@H]1CCCN1)[C@H](N)C(=O)O.C[C@H](N)C(=O)OC(=O)[C@@H](N)[C@@H](C)OC(=O)[C@@H](N)CCCCN.NC(=O)CC[C@H](N)C(=O)O.NC(N)=NCCC[C@H](N)C(=O)O.NCC(=O)O.N[C@@H](Cc1ccccc1)C(=O)O. The molecule has 0 aromatic heterocycles. The highest BCUT2D eigenvalue weighted by Crippen LogP contribution is 2.12. The molecule has 606 valence electrons. The topological polar surface area (TPSA) is 847 Å². The molecule has 1 heterocycles. The Bertz CT molecular complexity index is 2780. The van der Waals surface area contributed by atoms with Crippen LogP contribution in [0.25, 0.3) is 0 Å². The molecule has 2 rings (SSSR count). The highest BCUT2D eigenvalue weighted by molar-refractivity contribution is 5.91. The number of esters is 7. The number of guanidine groups is 1. The predicted molar refractivity (Wildman–Crippen MR) is 380 cm³/mol. The number of carboxylic acid groups (broad SMARTS) is 6. The molecule has 1 amide bonds. The number of aliphatic carboxylic acids is 6. The zero-order valence-corrected chi connectivity index (χ0v) is 60.9. The number of benzene rings is 1. The first-order valence-corrected chi connectivity index (χ1v) is 32.7. The molecule has 43 heteroatoms. The highest BCUT2D eigenvalue weighted by atomic mass is 16.6. The second-order valence-corrected chi connectivity index (χ2v) is 23.5. The number of hydrogen-bond donors (Lipinski definition) is 23. The van der Waals surface area contributed by atoms with Crippen molar-refractivity contribution in [1.82, 2.24) is 5.32 Å². The first kappa shape index (κ1) is 107. The van der Waals surface area contributed by atoms with Crippen LogP contribution in [0, 0.1) is 11.8 Å². The van der Waals surface area contributed by atoms with Crippen molar-refractivity contribution >= 4 is 89.5 Å². The fourth-order valence-electron chi connectivity index (χ4n) is 6.42. The van der Waals surface area contributed by atoms with E-state index in [1.54, 1.807) is 13.8 Å². The van der Waals surface area contributed by atoms with Gasteiger partial charge in [-0.25, -0.2) is 19.2 Å². The van der Waals surface area contributed by atoms with Gasteiger partial charge < -0.3 is 151 Å². The maximum atomic E-state index is 11.8. The summed E-state index contributed by atoms with van der Waals surface area (Å²) >= 11 is 0. The maximum absolute atomic E-state index is 11.8. The zero-order valence-electron chi connectivity index (χ0n) is 60.9. The lowest BCUT2D eigenvalue weighted by Crippen LogP contribution is -2.49. The molecule has 43 nitrogen and oxygen atoms in total. The Balaban J connectivity index is -0.000000276. The Hall–Kier alpha value is -9.09. The molecule has 0 saturated carbocycles. The predicted octanol–water partition coefficient (Wildman–Crippen LogP) is -6.92. The molecule has 0 bridgehead atoms. The Morgan fingerprint density at radius 1 is 0.495 bits per heavy atom. The number of rotatable bonds is 35. The number of amides is 1. The molecule has 0 spiro atoms. The standard InChI is InChI=1S/C13H26N4O5.C13H23N3O6.C9H11NO2.C8H16N2O3.C6H14N4O2.C6H13NO2.C5H10N2O3.C2H5NO2/c1-7(15)11(18)22-13(20)10(17)8(2)21-12(19)9(16)5-3-4-6-14;1-6(9(14)11(17)18)22-13(20)10(15)7(2)21-12(19)8-4-3-5-16-8;10-8(9(11)12)6-7-4-2-1-3-5-7;1-4(2)6(10)8(12)13-7(11)5(3)9;7-4(5(11)12)2-1-3-10-6(8)9;1-3-4(2)5(7)6(8)9;6-3(5(9)10)1-2-4(7)8;3-1-2(4)5/h7-10H,3-6,14-17H2,1-2H3;6-10,16H,3-5,14-15H2,1-2H3,(H,17,18);1-5,8H,6,10H2,(H,11,12);4-6H,9-10H2,1-3H3;4H,1-3,7H2,(H,11,12)(H4,8,9,10);4-5H,3,7H2,1-2H3,(H,8,9);3H,1-2,6H2,(H2,7,8)(H,9,10);1,3H2,(H,4,5)/t7-,8+,9-,10-;6-,7-,8+,9+,10+;8-;5-,6-;4-;4-,5-;3-;/m0100000./s1. The second-order valence-electron chi connectivity index (χ2n) is 23.5. The molecular formula is C62H118N18O25. The van der Waals surface area contributed by atoms with E-state index in [0.717, 1.165) is 31.4 Å². The molecule has 0 unspecified atom stereocenters. The summed E-state index contributed by atoms with van der Waals surface area (Å²) in [6.07, 6.45) is 2.78. The van der Waals surface area contributed by atoms with Crippen molar-refractivity contribution in [3.63, 3.8) is 0 Å². The minimum Gasteiger partial charge on any atom is -0.480 e. The van der Waals surface area contributed by atoms with E-state index in [-0.39, 0.29) is 43.2 Å². The third-order valence-corrected chi connectivity index (χ3v) is 13.6. The summed E-state index contributed by atoms with van der Waals surface area (Å²) in [4.78, 5) is 155. The summed E-state index contributed by atoms with van der Waals surface area (Å²) in [5.41, 5.74) is 84.8. The number of nitrogens with zero attached hydrogens (tertiary/aromatic N) is 1.